The SMILES string of the molecule is [c-]1c[c-]c2[c-]c[c-]cc2c1. The molecule has 0 saturated carbocycles. The summed E-state index contributed by atoms with van der Waals surface area (Å²) in [6.45, 7) is 0. The van der Waals surface area contributed by atoms with E-state index < -0.39 is 0 Å². The van der Waals surface area contributed by atoms with E-state index in [4.69, 9.17) is 0 Å². The second-order valence-corrected chi connectivity index (χ2v) is 2.03. The molecular formula is C10H4-4. The molecule has 0 aromatic heterocycles. The van der Waals surface area contributed by atoms with Gasteiger partial charge in [-0.25, -0.2) is 0 Å². The smallest absolute Gasteiger partial charge is 0.307 e. The van der Waals surface area contributed by atoms with Crippen LogP contribution < -0.4 is 0 Å². The highest BCUT2D eigenvalue weighted by Crippen LogP contribution is 2.09. The van der Waals surface area contributed by atoms with Crippen molar-refractivity contribution in [3.8, 4) is 0 Å². The minimum absolute atomic E-state index is 0.998. The molecule has 0 aliphatic carbocycles. The fourth-order valence-electron chi connectivity index (χ4n) is 0.885. The largest absolute Gasteiger partial charge is 0.429 e. The van der Waals surface area contributed by atoms with E-state index >= 15 is 0 Å². The van der Waals surface area contributed by atoms with Crippen LogP contribution in [-0.2, 0) is 0 Å². The second kappa shape index (κ2) is 2.14. The van der Waals surface area contributed by atoms with Crippen LogP contribution in [0.25, 0.3) is 10.8 Å². The molecule has 2 aromatic rings. The predicted molar refractivity (Wildman–Crippen MR) is 39.3 cm³/mol. The molecule has 0 N–H and O–H groups in total. The van der Waals surface area contributed by atoms with Crippen molar-refractivity contribution in [1.82, 2.24) is 0 Å². The summed E-state index contributed by atoms with van der Waals surface area (Å²) in [5.41, 5.74) is 0. The number of rotatable bonds is 0. The summed E-state index contributed by atoms with van der Waals surface area (Å²) in [6, 6.07) is 19.2. The topological polar surface area (TPSA) is 0 Å². The van der Waals surface area contributed by atoms with Gasteiger partial charge in [-0.2, -0.15) is 0 Å². The number of benzene rings is 2. The molecule has 2 rings (SSSR count). The number of hydrogen-bond acceptors (Lipinski definition) is 0. The van der Waals surface area contributed by atoms with E-state index in [1.54, 1.807) is 12.1 Å². The summed E-state index contributed by atoms with van der Waals surface area (Å²) in [7, 11) is 0. The lowest BCUT2D eigenvalue weighted by atomic mass is 10.1. The third-order valence-corrected chi connectivity index (χ3v) is 1.37. The Kier molecular flexibility index (Phi) is 1.17. The molecule has 0 bridgehead atoms. The minimum atomic E-state index is 0.998. The molecule has 0 nitrogen and oxygen atoms in total. The molecule has 0 radical (unpaired) electrons. The Labute approximate surface area is 60.1 Å². The molecule has 0 aliphatic heterocycles. The minimum Gasteiger partial charge on any atom is -0.429 e. The van der Waals surface area contributed by atoms with Crippen molar-refractivity contribution in [2.45, 2.75) is 0 Å². The third kappa shape index (κ3) is 0.781. The van der Waals surface area contributed by atoms with E-state index in [-0.39, 0.29) is 0 Å². The van der Waals surface area contributed by atoms with E-state index in [9.17, 15) is 0 Å². The summed E-state index contributed by atoms with van der Waals surface area (Å²) in [6.07, 6.45) is 0. The van der Waals surface area contributed by atoms with Crippen molar-refractivity contribution in [3.63, 3.8) is 0 Å². The number of fused-ring (bicyclic) bond motifs is 1. The van der Waals surface area contributed by atoms with Crippen LogP contribution in [0.1, 0.15) is 0 Å². The summed E-state index contributed by atoms with van der Waals surface area (Å²) in [5, 5.41) is 2.09. The van der Waals surface area contributed by atoms with Crippen LogP contribution in [0, 0.1) is 24.3 Å². The van der Waals surface area contributed by atoms with Gasteiger partial charge in [-0.1, -0.05) is 0 Å². The summed E-state index contributed by atoms with van der Waals surface area (Å²) in [5.74, 6) is 0. The Bertz CT molecular complexity index is 271. The Morgan fingerprint density at radius 2 is 1.50 bits per heavy atom. The van der Waals surface area contributed by atoms with Gasteiger partial charge >= 0.3 is 0 Å². The van der Waals surface area contributed by atoms with E-state index in [1.807, 2.05) is 12.1 Å². The molecule has 0 atom stereocenters. The maximum atomic E-state index is 3.02. The molecule has 0 saturated heterocycles. The highest BCUT2D eigenvalue weighted by Gasteiger charge is 1.52. The van der Waals surface area contributed by atoms with Gasteiger partial charge in [-0.15, -0.1) is 0 Å². The summed E-state index contributed by atoms with van der Waals surface area (Å²) >= 11 is 0. The molecule has 0 spiro atoms. The van der Waals surface area contributed by atoms with Gasteiger partial charge in [-0.3, -0.25) is 0 Å². The number of hydrogen-bond donors (Lipinski definition) is 0. The van der Waals surface area contributed by atoms with Crippen molar-refractivity contribution in [2.75, 3.05) is 0 Å². The molecule has 0 amide bonds. The second-order valence-electron chi connectivity index (χ2n) is 2.03. The zero-order valence-corrected chi connectivity index (χ0v) is 5.31. The van der Waals surface area contributed by atoms with E-state index in [2.05, 4.69) is 24.3 Å². The van der Waals surface area contributed by atoms with E-state index in [0.717, 1.165) is 10.8 Å². The van der Waals surface area contributed by atoms with Crippen LogP contribution in [0.2, 0.25) is 0 Å². The molecule has 0 fully saturated rings. The van der Waals surface area contributed by atoms with Crippen LogP contribution in [0.4, 0.5) is 0 Å². The predicted octanol–water partition coefficient (Wildman–Crippen LogP) is 2.04. The van der Waals surface area contributed by atoms with Crippen molar-refractivity contribution in [2.24, 2.45) is 0 Å². The lowest BCUT2D eigenvalue weighted by Gasteiger charge is -2.25. The average molecular weight is 124 g/mol. The standard InChI is InChI=1S/C10H4/c1-2-6-10-8-4-3-7-9(10)5-1/h1,3,6,8H/q-4. The molecular weight excluding hydrogens is 120 g/mol. The Balaban J connectivity index is 2.89. The monoisotopic (exact) mass is 124 g/mol. The molecule has 2 aromatic carbocycles. The average Bonchev–Trinajstić information content (AvgIpc) is 2.05. The maximum absolute atomic E-state index is 3.02. The van der Waals surface area contributed by atoms with Crippen LogP contribution in [0.5, 0.6) is 0 Å². The van der Waals surface area contributed by atoms with Crippen molar-refractivity contribution in [3.05, 3.63) is 48.5 Å². The van der Waals surface area contributed by atoms with Gasteiger partial charge in [0.15, 0.2) is 0 Å². The fourth-order valence-corrected chi connectivity index (χ4v) is 0.885. The molecule has 0 heteroatoms. The van der Waals surface area contributed by atoms with Crippen molar-refractivity contribution < 1.29 is 0 Å². The van der Waals surface area contributed by atoms with Gasteiger partial charge in [-0.05, 0) is 0 Å². The van der Waals surface area contributed by atoms with Crippen molar-refractivity contribution >= 4 is 10.8 Å². The van der Waals surface area contributed by atoms with Gasteiger partial charge < -0.3 is 59.3 Å². The zero-order chi connectivity index (χ0) is 6.81. The Hall–Kier alpha value is -1.30. The Morgan fingerprint density at radius 3 is 2.00 bits per heavy atom. The Morgan fingerprint density at radius 1 is 0.900 bits per heavy atom. The maximum Gasteiger partial charge on any atom is -0.307 e. The third-order valence-electron chi connectivity index (χ3n) is 1.37. The first-order valence-electron chi connectivity index (χ1n) is 3.06. The van der Waals surface area contributed by atoms with Crippen molar-refractivity contribution in [1.29, 1.82) is 0 Å². The van der Waals surface area contributed by atoms with Gasteiger partial charge in [0.1, 0.15) is 0 Å². The quantitative estimate of drug-likeness (QED) is 0.471. The molecule has 10 heavy (non-hydrogen) atoms. The van der Waals surface area contributed by atoms with Gasteiger partial charge in [0.2, 0.25) is 0 Å². The van der Waals surface area contributed by atoms with Crippen LogP contribution >= 0.6 is 0 Å². The first-order chi connectivity index (χ1) is 4.97. The normalized spacial score (nSPS) is 10.0. The van der Waals surface area contributed by atoms with Crippen LogP contribution in [0.3, 0.4) is 0 Å². The lowest BCUT2D eigenvalue weighted by Crippen LogP contribution is -1.69. The molecule has 48 valence electrons. The fraction of sp³-hybridized carbons (Fsp3) is 0. The highest BCUT2D eigenvalue weighted by atomic mass is 13.9. The van der Waals surface area contributed by atoms with Gasteiger partial charge in [0, 0.05) is 0 Å². The highest BCUT2D eigenvalue weighted by molar-refractivity contribution is 5.80. The first-order valence-corrected chi connectivity index (χ1v) is 3.06. The first kappa shape index (κ1) is 5.48. The zero-order valence-electron chi connectivity index (χ0n) is 5.31. The van der Waals surface area contributed by atoms with Gasteiger partial charge in [0.25, 0.3) is 0 Å². The van der Waals surface area contributed by atoms with E-state index in [0.29, 0.717) is 0 Å². The van der Waals surface area contributed by atoms with E-state index in [1.165, 1.54) is 0 Å². The summed E-state index contributed by atoms with van der Waals surface area (Å²) < 4.78 is 0. The molecule has 0 heterocycles. The van der Waals surface area contributed by atoms with Crippen LogP contribution in [0.15, 0.2) is 24.3 Å². The summed E-state index contributed by atoms with van der Waals surface area (Å²) in [4.78, 5) is 0. The molecule has 0 aliphatic rings. The molecule has 0 unspecified atom stereocenters. The van der Waals surface area contributed by atoms with Gasteiger partial charge in [0.05, 0.1) is 0 Å². The van der Waals surface area contributed by atoms with Crippen LogP contribution in [-0.4, -0.2) is 0 Å². The lowest BCUT2D eigenvalue weighted by molar-refractivity contribution is 1.71.